The van der Waals surface area contributed by atoms with Crippen molar-refractivity contribution in [2.75, 3.05) is 19.7 Å². The lowest BCUT2D eigenvalue weighted by Crippen LogP contribution is -2.44. The van der Waals surface area contributed by atoms with Gasteiger partial charge in [-0.25, -0.2) is 0 Å². The molecule has 1 atom stereocenters. The van der Waals surface area contributed by atoms with Crippen LogP contribution in [0.3, 0.4) is 0 Å². The summed E-state index contributed by atoms with van der Waals surface area (Å²) in [7, 11) is 0. The number of hydrogen-bond donors (Lipinski definition) is 2. The molecule has 1 fully saturated rings. The molecule has 0 bridgehead atoms. The quantitative estimate of drug-likeness (QED) is 0.620. The Morgan fingerprint density at radius 2 is 1.50 bits per heavy atom. The predicted molar refractivity (Wildman–Crippen MR) is 105 cm³/mol. The van der Waals surface area contributed by atoms with E-state index in [0.717, 1.165) is 5.56 Å². The third kappa shape index (κ3) is 5.42. The van der Waals surface area contributed by atoms with Gasteiger partial charge in [-0.15, -0.1) is 0 Å². The molecule has 0 saturated carbocycles. The monoisotopic (exact) mass is 460 g/mol. The lowest BCUT2D eigenvalue weighted by molar-refractivity contribution is -0.144. The van der Waals surface area contributed by atoms with E-state index in [2.05, 4.69) is 5.32 Å². The topological polar surface area (TPSA) is 64.4 Å². The number of nitrogens with one attached hydrogen (secondary N) is 1. The number of halogens is 6. The molecular formula is C22H22F6N2O2. The molecule has 32 heavy (non-hydrogen) atoms. The van der Waals surface area contributed by atoms with Gasteiger partial charge < -0.3 is 15.8 Å². The second-order valence-electron chi connectivity index (χ2n) is 7.83. The number of carbonyl (C=O) groups excluding carboxylic acids is 1. The fourth-order valence-electron chi connectivity index (χ4n) is 3.93. The summed E-state index contributed by atoms with van der Waals surface area (Å²) in [5.74, 6) is -1.17. The van der Waals surface area contributed by atoms with Crippen LogP contribution in [0.1, 0.15) is 41.2 Å². The number of primary amides is 1. The second kappa shape index (κ2) is 9.11. The molecule has 1 aliphatic heterocycles. The first kappa shape index (κ1) is 24.1. The molecule has 3 rings (SSSR count). The van der Waals surface area contributed by atoms with Crippen LogP contribution in [0.5, 0.6) is 0 Å². The first-order valence-corrected chi connectivity index (χ1v) is 9.89. The highest BCUT2D eigenvalue weighted by Crippen LogP contribution is 2.39. The molecule has 1 amide bonds. The van der Waals surface area contributed by atoms with Gasteiger partial charge in [0.1, 0.15) is 0 Å². The van der Waals surface area contributed by atoms with Gasteiger partial charge in [0, 0.05) is 5.41 Å². The van der Waals surface area contributed by atoms with E-state index in [4.69, 9.17) is 10.5 Å². The number of carbonyl (C=O) groups is 1. The van der Waals surface area contributed by atoms with Gasteiger partial charge in [0.2, 0.25) is 0 Å². The molecule has 2 aromatic carbocycles. The zero-order valence-electron chi connectivity index (χ0n) is 16.9. The Balaban J connectivity index is 1.97. The largest absolute Gasteiger partial charge is 0.416 e. The van der Waals surface area contributed by atoms with Crippen molar-refractivity contribution in [2.24, 2.45) is 5.73 Å². The summed E-state index contributed by atoms with van der Waals surface area (Å²) in [4.78, 5) is 12.1. The molecule has 1 heterocycles. The molecule has 10 heteroatoms. The Morgan fingerprint density at radius 1 is 0.969 bits per heavy atom. The fourth-order valence-corrected chi connectivity index (χ4v) is 3.93. The van der Waals surface area contributed by atoms with E-state index in [-0.39, 0.29) is 12.7 Å². The molecule has 0 radical (unpaired) electrons. The second-order valence-corrected chi connectivity index (χ2v) is 7.83. The first-order valence-electron chi connectivity index (χ1n) is 9.89. The molecule has 1 unspecified atom stereocenters. The highest BCUT2D eigenvalue weighted by atomic mass is 19.4. The van der Waals surface area contributed by atoms with E-state index in [1.807, 2.05) is 30.3 Å². The van der Waals surface area contributed by atoms with Gasteiger partial charge in [-0.05, 0) is 55.3 Å². The molecular weight excluding hydrogens is 438 g/mol. The van der Waals surface area contributed by atoms with Gasteiger partial charge in [0.15, 0.2) is 6.10 Å². The van der Waals surface area contributed by atoms with Gasteiger partial charge in [-0.2, -0.15) is 26.3 Å². The van der Waals surface area contributed by atoms with Crippen LogP contribution in [0.15, 0.2) is 48.5 Å². The summed E-state index contributed by atoms with van der Waals surface area (Å²) in [6, 6.07) is 10.2. The standard InChI is InChI=1S/C22H22F6N2O2/c23-21(24,25)16-10-14(11-17(12-16)22(26,27)28)18(19(29)31)32-13-20(6-8-30-9-7-20)15-4-2-1-3-5-15/h1-5,10-12,18,30H,6-9,13H2,(H2,29,31). The number of hydrogen-bond acceptors (Lipinski definition) is 3. The fraction of sp³-hybridized carbons (Fsp3) is 0.409. The Kier molecular flexibility index (Phi) is 6.85. The third-order valence-corrected chi connectivity index (χ3v) is 5.64. The van der Waals surface area contributed by atoms with Gasteiger partial charge in [-0.3, -0.25) is 4.79 Å². The van der Waals surface area contributed by atoms with Crippen LogP contribution in [0.4, 0.5) is 26.3 Å². The van der Waals surface area contributed by atoms with Crippen molar-refractivity contribution in [2.45, 2.75) is 36.7 Å². The minimum absolute atomic E-state index is 0.000180. The SMILES string of the molecule is NC(=O)C(OCC1(c2ccccc2)CCNCC1)c1cc(C(F)(F)F)cc(C(F)(F)F)c1. The minimum atomic E-state index is -5.04. The number of benzene rings is 2. The molecule has 4 nitrogen and oxygen atoms in total. The summed E-state index contributed by atoms with van der Waals surface area (Å²) < 4.78 is 85.1. The van der Waals surface area contributed by atoms with Crippen LogP contribution in [-0.2, 0) is 27.3 Å². The summed E-state index contributed by atoms with van der Waals surface area (Å²) in [6.45, 7) is 1.19. The Hall–Kier alpha value is -2.59. The first-order chi connectivity index (χ1) is 14.9. The zero-order chi connectivity index (χ0) is 23.6. The average molecular weight is 460 g/mol. The van der Waals surface area contributed by atoms with Crippen LogP contribution in [0, 0.1) is 0 Å². The van der Waals surface area contributed by atoms with Crippen molar-refractivity contribution >= 4 is 5.91 Å². The maximum absolute atomic E-state index is 13.2. The number of ether oxygens (including phenoxy) is 1. The Morgan fingerprint density at radius 3 is 1.97 bits per heavy atom. The molecule has 0 aromatic heterocycles. The highest BCUT2D eigenvalue weighted by molar-refractivity contribution is 5.80. The van der Waals surface area contributed by atoms with Crippen LogP contribution < -0.4 is 11.1 Å². The van der Waals surface area contributed by atoms with Crippen molar-refractivity contribution in [1.82, 2.24) is 5.32 Å². The lowest BCUT2D eigenvalue weighted by atomic mass is 9.74. The van der Waals surface area contributed by atoms with E-state index in [0.29, 0.717) is 38.1 Å². The molecule has 3 N–H and O–H groups in total. The maximum atomic E-state index is 13.2. The van der Waals surface area contributed by atoms with Crippen molar-refractivity contribution in [3.8, 4) is 0 Å². The van der Waals surface area contributed by atoms with Crippen molar-refractivity contribution in [1.29, 1.82) is 0 Å². The normalized spacial score (nSPS) is 17.7. The molecule has 2 aromatic rings. The van der Waals surface area contributed by atoms with Gasteiger partial charge in [0.25, 0.3) is 5.91 Å². The van der Waals surface area contributed by atoms with E-state index >= 15 is 0 Å². The predicted octanol–water partition coefficient (Wildman–Crippen LogP) is 4.59. The molecule has 174 valence electrons. The Labute approximate surface area is 180 Å². The van der Waals surface area contributed by atoms with Crippen LogP contribution in [-0.4, -0.2) is 25.6 Å². The molecule has 0 spiro atoms. The van der Waals surface area contributed by atoms with Crippen molar-refractivity contribution in [3.63, 3.8) is 0 Å². The number of alkyl halides is 6. The van der Waals surface area contributed by atoms with Gasteiger partial charge in [-0.1, -0.05) is 30.3 Å². The van der Waals surface area contributed by atoms with E-state index in [1.54, 1.807) is 0 Å². The Bertz CT molecular complexity index is 905. The van der Waals surface area contributed by atoms with Gasteiger partial charge >= 0.3 is 12.4 Å². The van der Waals surface area contributed by atoms with Crippen molar-refractivity contribution in [3.05, 3.63) is 70.8 Å². The number of rotatable bonds is 6. The van der Waals surface area contributed by atoms with Crippen molar-refractivity contribution < 1.29 is 35.9 Å². The van der Waals surface area contributed by atoms with Gasteiger partial charge in [0.05, 0.1) is 17.7 Å². The summed E-state index contributed by atoms with van der Waals surface area (Å²) >= 11 is 0. The van der Waals surface area contributed by atoms with E-state index in [1.165, 1.54) is 0 Å². The number of nitrogens with two attached hydrogens (primary N) is 1. The maximum Gasteiger partial charge on any atom is 0.416 e. The van der Waals surface area contributed by atoms with E-state index < -0.39 is 46.5 Å². The minimum Gasteiger partial charge on any atom is -0.367 e. The molecule has 0 aliphatic carbocycles. The number of piperidine rings is 1. The highest BCUT2D eigenvalue weighted by Gasteiger charge is 2.40. The smallest absolute Gasteiger partial charge is 0.367 e. The summed E-state index contributed by atoms with van der Waals surface area (Å²) in [5.41, 5.74) is 2.04. The third-order valence-electron chi connectivity index (χ3n) is 5.64. The summed E-state index contributed by atoms with van der Waals surface area (Å²) in [5, 5.41) is 3.20. The van der Waals surface area contributed by atoms with E-state index in [9.17, 15) is 31.1 Å². The van der Waals surface area contributed by atoms with Crippen LogP contribution >= 0.6 is 0 Å². The van der Waals surface area contributed by atoms with Crippen LogP contribution in [0.2, 0.25) is 0 Å². The van der Waals surface area contributed by atoms with Crippen LogP contribution in [0.25, 0.3) is 0 Å². The molecule has 1 aliphatic rings. The number of amides is 1. The lowest BCUT2D eigenvalue weighted by Gasteiger charge is -2.38. The molecule has 1 saturated heterocycles. The average Bonchev–Trinajstić information content (AvgIpc) is 2.73. The summed E-state index contributed by atoms with van der Waals surface area (Å²) in [6.07, 6.45) is -10.6. The zero-order valence-corrected chi connectivity index (χ0v) is 16.9.